The van der Waals surface area contributed by atoms with Gasteiger partial charge in [-0.05, 0) is 18.6 Å². The van der Waals surface area contributed by atoms with Gasteiger partial charge in [0.25, 0.3) is 0 Å². The Balaban J connectivity index is 2.67. The Kier molecular flexibility index (Phi) is 2.48. The predicted molar refractivity (Wildman–Crippen MR) is 60.7 cm³/mol. The summed E-state index contributed by atoms with van der Waals surface area (Å²) in [7, 11) is 0. The standard InChI is InChI=1S/C11H13ClN2/c1-7-11(9(13)6-12)8-4-2-3-5-10(8)14-7/h2-5,9,14H,6,13H2,1H3. The van der Waals surface area contributed by atoms with Gasteiger partial charge in [-0.15, -0.1) is 11.6 Å². The number of para-hydroxylation sites is 1. The number of aryl methyl sites for hydroxylation is 1. The van der Waals surface area contributed by atoms with Gasteiger partial charge in [-0.25, -0.2) is 0 Å². The molecule has 0 bridgehead atoms. The molecule has 14 heavy (non-hydrogen) atoms. The molecule has 1 aromatic carbocycles. The van der Waals surface area contributed by atoms with Crippen molar-refractivity contribution in [3.63, 3.8) is 0 Å². The molecule has 2 nitrogen and oxygen atoms in total. The fraction of sp³-hybridized carbons (Fsp3) is 0.273. The Morgan fingerprint density at radius 2 is 2.14 bits per heavy atom. The van der Waals surface area contributed by atoms with Crippen molar-refractivity contribution in [2.75, 3.05) is 5.88 Å². The molecule has 74 valence electrons. The topological polar surface area (TPSA) is 41.8 Å². The molecule has 0 amide bonds. The van der Waals surface area contributed by atoms with Crippen LogP contribution in [0.1, 0.15) is 17.3 Å². The minimum atomic E-state index is -0.0900. The Morgan fingerprint density at radius 1 is 1.43 bits per heavy atom. The Labute approximate surface area is 88.1 Å². The highest BCUT2D eigenvalue weighted by Gasteiger charge is 2.13. The average molecular weight is 209 g/mol. The van der Waals surface area contributed by atoms with Gasteiger partial charge in [0.2, 0.25) is 0 Å². The van der Waals surface area contributed by atoms with Crippen LogP contribution in [0.5, 0.6) is 0 Å². The zero-order valence-electron chi connectivity index (χ0n) is 8.05. The highest BCUT2D eigenvalue weighted by atomic mass is 35.5. The van der Waals surface area contributed by atoms with E-state index in [4.69, 9.17) is 17.3 Å². The summed E-state index contributed by atoms with van der Waals surface area (Å²) in [6.07, 6.45) is 0. The molecule has 3 heteroatoms. The van der Waals surface area contributed by atoms with Crippen LogP contribution in [-0.2, 0) is 0 Å². The van der Waals surface area contributed by atoms with Crippen LogP contribution in [-0.4, -0.2) is 10.9 Å². The van der Waals surface area contributed by atoms with Crippen LogP contribution in [0.15, 0.2) is 24.3 Å². The van der Waals surface area contributed by atoms with Crippen molar-refractivity contribution in [3.05, 3.63) is 35.5 Å². The third kappa shape index (κ3) is 1.41. The maximum absolute atomic E-state index is 5.95. The number of alkyl halides is 1. The number of fused-ring (bicyclic) bond motifs is 1. The maximum Gasteiger partial charge on any atom is 0.0459 e. The molecule has 0 aliphatic rings. The van der Waals surface area contributed by atoms with E-state index in [1.807, 2.05) is 25.1 Å². The van der Waals surface area contributed by atoms with E-state index in [2.05, 4.69) is 11.1 Å². The van der Waals surface area contributed by atoms with Crippen LogP contribution < -0.4 is 5.73 Å². The lowest BCUT2D eigenvalue weighted by Crippen LogP contribution is -2.12. The maximum atomic E-state index is 5.95. The summed E-state index contributed by atoms with van der Waals surface area (Å²) in [5.41, 5.74) is 9.32. The summed E-state index contributed by atoms with van der Waals surface area (Å²) in [4.78, 5) is 3.30. The molecule has 2 aromatic rings. The SMILES string of the molecule is Cc1[nH]c2ccccc2c1C(N)CCl. The molecular weight excluding hydrogens is 196 g/mol. The first-order chi connectivity index (χ1) is 6.74. The van der Waals surface area contributed by atoms with Gasteiger partial charge in [-0.3, -0.25) is 0 Å². The summed E-state index contributed by atoms with van der Waals surface area (Å²) in [6, 6.07) is 8.05. The molecule has 0 saturated carbocycles. The van der Waals surface area contributed by atoms with Gasteiger partial charge in [0.15, 0.2) is 0 Å². The fourth-order valence-electron chi connectivity index (χ4n) is 1.85. The first-order valence-corrected chi connectivity index (χ1v) is 5.16. The number of halogens is 1. The van der Waals surface area contributed by atoms with E-state index in [0.717, 1.165) is 16.8 Å². The summed E-state index contributed by atoms with van der Waals surface area (Å²) < 4.78 is 0. The van der Waals surface area contributed by atoms with Gasteiger partial charge < -0.3 is 10.7 Å². The van der Waals surface area contributed by atoms with Crippen LogP contribution in [0.3, 0.4) is 0 Å². The summed E-state index contributed by atoms with van der Waals surface area (Å²) in [6.45, 7) is 2.03. The van der Waals surface area contributed by atoms with Gasteiger partial charge >= 0.3 is 0 Å². The summed E-state index contributed by atoms with van der Waals surface area (Å²) in [5.74, 6) is 0.447. The third-order valence-electron chi connectivity index (χ3n) is 2.48. The first-order valence-electron chi connectivity index (χ1n) is 4.62. The summed E-state index contributed by atoms with van der Waals surface area (Å²) in [5, 5.41) is 1.18. The van der Waals surface area contributed by atoms with Crippen LogP contribution >= 0.6 is 11.6 Å². The lowest BCUT2D eigenvalue weighted by molar-refractivity contribution is 0.825. The van der Waals surface area contributed by atoms with E-state index in [1.54, 1.807) is 0 Å². The average Bonchev–Trinajstić information content (AvgIpc) is 2.53. The Hall–Kier alpha value is -0.990. The minimum absolute atomic E-state index is 0.0900. The van der Waals surface area contributed by atoms with Gasteiger partial charge in [-0.2, -0.15) is 0 Å². The molecule has 1 atom stereocenters. The van der Waals surface area contributed by atoms with Crippen molar-refractivity contribution in [1.82, 2.24) is 4.98 Å². The second-order valence-corrected chi connectivity index (χ2v) is 3.78. The smallest absolute Gasteiger partial charge is 0.0459 e. The van der Waals surface area contributed by atoms with Gasteiger partial charge in [0, 0.05) is 28.5 Å². The zero-order chi connectivity index (χ0) is 10.1. The van der Waals surface area contributed by atoms with Crippen molar-refractivity contribution in [2.24, 2.45) is 5.73 Å². The molecule has 1 unspecified atom stereocenters. The van der Waals surface area contributed by atoms with Crippen LogP contribution in [0, 0.1) is 6.92 Å². The van der Waals surface area contributed by atoms with Crippen molar-refractivity contribution < 1.29 is 0 Å². The van der Waals surface area contributed by atoms with Crippen LogP contribution in [0.2, 0.25) is 0 Å². The Bertz CT molecular complexity index is 447. The number of nitrogens with one attached hydrogen (secondary N) is 1. The van der Waals surface area contributed by atoms with E-state index < -0.39 is 0 Å². The number of hydrogen-bond acceptors (Lipinski definition) is 1. The predicted octanol–water partition coefficient (Wildman–Crippen LogP) is 2.71. The highest BCUT2D eigenvalue weighted by molar-refractivity contribution is 6.18. The highest BCUT2D eigenvalue weighted by Crippen LogP contribution is 2.26. The van der Waals surface area contributed by atoms with Crippen molar-refractivity contribution in [3.8, 4) is 0 Å². The number of aromatic nitrogens is 1. The number of H-pyrrole nitrogens is 1. The van der Waals surface area contributed by atoms with E-state index >= 15 is 0 Å². The third-order valence-corrected chi connectivity index (χ3v) is 2.81. The molecule has 0 saturated heterocycles. The van der Waals surface area contributed by atoms with Crippen molar-refractivity contribution in [1.29, 1.82) is 0 Å². The molecule has 0 radical (unpaired) electrons. The second-order valence-electron chi connectivity index (χ2n) is 3.47. The molecule has 0 fully saturated rings. The van der Waals surface area contributed by atoms with Crippen molar-refractivity contribution >= 4 is 22.5 Å². The molecular formula is C11H13ClN2. The molecule has 2 rings (SSSR count). The van der Waals surface area contributed by atoms with Crippen LogP contribution in [0.25, 0.3) is 10.9 Å². The normalized spacial score (nSPS) is 13.4. The van der Waals surface area contributed by atoms with E-state index in [9.17, 15) is 0 Å². The molecule has 0 aliphatic heterocycles. The largest absolute Gasteiger partial charge is 0.358 e. The fourth-order valence-corrected chi connectivity index (χ4v) is 2.01. The van der Waals surface area contributed by atoms with E-state index in [1.165, 1.54) is 5.39 Å². The number of aromatic amines is 1. The number of hydrogen-bond donors (Lipinski definition) is 2. The molecule has 1 heterocycles. The minimum Gasteiger partial charge on any atom is -0.358 e. The van der Waals surface area contributed by atoms with Gasteiger partial charge in [-0.1, -0.05) is 18.2 Å². The summed E-state index contributed by atoms with van der Waals surface area (Å²) >= 11 is 5.78. The zero-order valence-corrected chi connectivity index (χ0v) is 8.81. The first kappa shape index (κ1) is 9.56. The van der Waals surface area contributed by atoms with E-state index in [-0.39, 0.29) is 6.04 Å². The number of rotatable bonds is 2. The monoisotopic (exact) mass is 208 g/mol. The number of benzene rings is 1. The van der Waals surface area contributed by atoms with Crippen LogP contribution in [0.4, 0.5) is 0 Å². The molecule has 0 aliphatic carbocycles. The lowest BCUT2D eigenvalue weighted by Gasteiger charge is -2.07. The van der Waals surface area contributed by atoms with Gasteiger partial charge in [0.05, 0.1) is 0 Å². The quantitative estimate of drug-likeness (QED) is 0.733. The van der Waals surface area contributed by atoms with Crippen molar-refractivity contribution in [2.45, 2.75) is 13.0 Å². The Morgan fingerprint density at radius 3 is 2.86 bits per heavy atom. The molecule has 0 spiro atoms. The molecule has 1 aromatic heterocycles. The molecule has 3 N–H and O–H groups in total. The van der Waals surface area contributed by atoms with Gasteiger partial charge in [0.1, 0.15) is 0 Å². The van der Waals surface area contributed by atoms with E-state index in [0.29, 0.717) is 5.88 Å². The lowest BCUT2D eigenvalue weighted by atomic mass is 10.1. The number of nitrogens with two attached hydrogens (primary N) is 1. The second kappa shape index (κ2) is 3.64.